The van der Waals surface area contributed by atoms with Crippen molar-refractivity contribution in [3.8, 4) is 0 Å². The monoisotopic (exact) mass is 305 g/mol. The second-order valence-corrected chi connectivity index (χ2v) is 7.79. The molecule has 3 heterocycles. The molecule has 114 valence electrons. The molecule has 0 radical (unpaired) electrons. The molecule has 3 aliphatic rings. The number of nitrogens with zero attached hydrogens (tertiary/aromatic N) is 2. The van der Waals surface area contributed by atoms with E-state index in [2.05, 4.69) is 15.2 Å². The minimum Gasteiger partial charge on any atom is -0.342 e. The molecule has 3 fully saturated rings. The molecule has 2 aliphatic heterocycles. The maximum Gasteiger partial charge on any atom is 0.226 e. The van der Waals surface area contributed by atoms with Gasteiger partial charge in [0, 0.05) is 36.5 Å². The molecule has 4 rings (SSSR count). The minimum atomic E-state index is 0.314. The summed E-state index contributed by atoms with van der Waals surface area (Å²) in [5.41, 5.74) is 0.358. The Bertz CT molecular complexity index is 510. The Morgan fingerprint density at radius 3 is 3.05 bits per heavy atom. The molecule has 21 heavy (non-hydrogen) atoms. The fourth-order valence-electron chi connectivity index (χ4n) is 4.21. The van der Waals surface area contributed by atoms with E-state index >= 15 is 0 Å². The first kappa shape index (κ1) is 13.7. The highest BCUT2D eigenvalue weighted by atomic mass is 32.1. The standard InChI is InChI=1S/C16H23N3OS/c20-15(13-10-16(13)3-5-17-6-4-16)19-8-1-2-12(11-19)14-18-7-9-21-14/h7,9,12-13,17H,1-6,8,10-11H2. The van der Waals surface area contributed by atoms with Crippen LogP contribution in [0.3, 0.4) is 0 Å². The van der Waals surface area contributed by atoms with Crippen molar-refractivity contribution in [1.82, 2.24) is 15.2 Å². The Kier molecular flexibility index (Phi) is 3.50. The number of rotatable bonds is 2. The smallest absolute Gasteiger partial charge is 0.226 e. The molecular formula is C16H23N3OS. The summed E-state index contributed by atoms with van der Waals surface area (Å²) in [6.45, 7) is 4.01. The van der Waals surface area contributed by atoms with Gasteiger partial charge in [-0.05, 0) is 50.6 Å². The van der Waals surface area contributed by atoms with E-state index in [4.69, 9.17) is 0 Å². The first-order valence-electron chi connectivity index (χ1n) is 8.17. The van der Waals surface area contributed by atoms with Crippen molar-refractivity contribution in [3.63, 3.8) is 0 Å². The summed E-state index contributed by atoms with van der Waals surface area (Å²) < 4.78 is 0. The molecule has 2 saturated heterocycles. The molecule has 1 N–H and O–H groups in total. The van der Waals surface area contributed by atoms with E-state index in [1.165, 1.54) is 24.3 Å². The molecule has 2 unspecified atom stereocenters. The SMILES string of the molecule is O=C(C1CC12CCNCC2)N1CCCC(c2nccs2)C1. The summed E-state index contributed by atoms with van der Waals surface area (Å²) >= 11 is 1.73. The summed E-state index contributed by atoms with van der Waals surface area (Å²) in [4.78, 5) is 19.4. The zero-order valence-corrected chi connectivity index (χ0v) is 13.2. The molecule has 1 spiro atoms. The van der Waals surface area contributed by atoms with Crippen LogP contribution in [0.5, 0.6) is 0 Å². The first-order valence-corrected chi connectivity index (χ1v) is 9.05. The molecule has 2 atom stereocenters. The summed E-state index contributed by atoms with van der Waals surface area (Å²) in [5.74, 6) is 1.21. The van der Waals surface area contributed by atoms with Gasteiger partial charge in [0.1, 0.15) is 0 Å². The van der Waals surface area contributed by atoms with Crippen molar-refractivity contribution >= 4 is 17.2 Å². The van der Waals surface area contributed by atoms with Crippen LogP contribution in [0.4, 0.5) is 0 Å². The Morgan fingerprint density at radius 2 is 2.29 bits per heavy atom. The van der Waals surface area contributed by atoms with Gasteiger partial charge >= 0.3 is 0 Å². The minimum absolute atomic E-state index is 0.314. The van der Waals surface area contributed by atoms with Crippen LogP contribution in [-0.4, -0.2) is 42.0 Å². The van der Waals surface area contributed by atoms with Crippen LogP contribution in [0.2, 0.25) is 0 Å². The Morgan fingerprint density at radius 1 is 1.43 bits per heavy atom. The summed E-state index contributed by atoms with van der Waals surface area (Å²) in [6.07, 6.45) is 7.69. The third-order valence-corrected chi connectivity index (χ3v) is 6.56. The van der Waals surface area contributed by atoms with Gasteiger partial charge in [-0.15, -0.1) is 11.3 Å². The predicted molar refractivity (Wildman–Crippen MR) is 83.3 cm³/mol. The molecule has 5 heteroatoms. The maximum atomic E-state index is 12.8. The number of aromatic nitrogens is 1. The zero-order chi connectivity index (χ0) is 14.3. The van der Waals surface area contributed by atoms with Crippen molar-refractivity contribution in [1.29, 1.82) is 0 Å². The number of carbonyl (C=O) groups excluding carboxylic acids is 1. The molecule has 1 aliphatic carbocycles. The van der Waals surface area contributed by atoms with Gasteiger partial charge in [-0.25, -0.2) is 4.98 Å². The lowest BCUT2D eigenvalue weighted by molar-refractivity contribution is -0.134. The van der Waals surface area contributed by atoms with E-state index in [1.807, 2.05) is 11.6 Å². The number of amides is 1. The average molecular weight is 305 g/mol. The van der Waals surface area contributed by atoms with Crippen LogP contribution in [0, 0.1) is 11.3 Å². The molecule has 0 aromatic carbocycles. The van der Waals surface area contributed by atoms with Gasteiger partial charge in [-0.1, -0.05) is 0 Å². The van der Waals surface area contributed by atoms with Gasteiger partial charge in [0.2, 0.25) is 5.91 Å². The maximum absolute atomic E-state index is 12.8. The second-order valence-electron chi connectivity index (χ2n) is 6.86. The number of hydrogen-bond acceptors (Lipinski definition) is 4. The summed E-state index contributed by atoms with van der Waals surface area (Å²) in [6, 6.07) is 0. The molecule has 1 amide bonds. The van der Waals surface area contributed by atoms with Gasteiger partial charge in [0.05, 0.1) is 5.01 Å². The van der Waals surface area contributed by atoms with Crippen LogP contribution in [0.15, 0.2) is 11.6 Å². The van der Waals surface area contributed by atoms with E-state index in [-0.39, 0.29) is 0 Å². The summed E-state index contributed by atoms with van der Waals surface area (Å²) in [7, 11) is 0. The number of carbonyl (C=O) groups is 1. The van der Waals surface area contributed by atoms with E-state index < -0.39 is 0 Å². The first-order chi connectivity index (χ1) is 10.3. The largest absolute Gasteiger partial charge is 0.342 e. The van der Waals surface area contributed by atoms with E-state index in [1.54, 1.807) is 11.3 Å². The second kappa shape index (κ2) is 5.36. The van der Waals surface area contributed by atoms with Gasteiger partial charge in [-0.3, -0.25) is 4.79 Å². The number of nitrogens with one attached hydrogen (secondary N) is 1. The summed E-state index contributed by atoms with van der Waals surface area (Å²) in [5, 5.41) is 6.66. The molecule has 1 saturated carbocycles. The molecular weight excluding hydrogens is 282 g/mol. The highest BCUT2D eigenvalue weighted by Crippen LogP contribution is 2.59. The highest BCUT2D eigenvalue weighted by Gasteiger charge is 2.58. The van der Waals surface area contributed by atoms with Crippen molar-refractivity contribution < 1.29 is 4.79 Å². The zero-order valence-electron chi connectivity index (χ0n) is 12.4. The van der Waals surface area contributed by atoms with Crippen LogP contribution < -0.4 is 5.32 Å². The van der Waals surface area contributed by atoms with Crippen LogP contribution in [-0.2, 0) is 4.79 Å². The van der Waals surface area contributed by atoms with Gasteiger partial charge in [0.15, 0.2) is 0 Å². The van der Waals surface area contributed by atoms with Crippen LogP contribution in [0.25, 0.3) is 0 Å². The highest BCUT2D eigenvalue weighted by molar-refractivity contribution is 7.09. The van der Waals surface area contributed by atoms with Gasteiger partial charge in [0.25, 0.3) is 0 Å². The van der Waals surface area contributed by atoms with Gasteiger partial charge in [-0.2, -0.15) is 0 Å². The number of likely N-dealkylation sites (tertiary alicyclic amines) is 1. The predicted octanol–water partition coefficient (Wildman–Crippen LogP) is 2.24. The average Bonchev–Trinajstić information content (AvgIpc) is 2.99. The quantitative estimate of drug-likeness (QED) is 0.911. The molecule has 1 aromatic rings. The Hall–Kier alpha value is -0.940. The fraction of sp³-hybridized carbons (Fsp3) is 0.750. The number of hydrogen-bond donors (Lipinski definition) is 1. The van der Waals surface area contributed by atoms with E-state index in [0.717, 1.165) is 39.0 Å². The topological polar surface area (TPSA) is 45.2 Å². The van der Waals surface area contributed by atoms with Crippen molar-refractivity contribution in [2.45, 2.75) is 38.0 Å². The number of thiazole rings is 1. The molecule has 4 nitrogen and oxygen atoms in total. The van der Waals surface area contributed by atoms with Crippen molar-refractivity contribution in [3.05, 3.63) is 16.6 Å². The fourth-order valence-corrected chi connectivity index (χ4v) is 4.98. The lowest BCUT2D eigenvalue weighted by Gasteiger charge is -2.33. The van der Waals surface area contributed by atoms with Crippen LogP contribution >= 0.6 is 11.3 Å². The lowest BCUT2D eigenvalue weighted by atomic mass is 9.91. The third-order valence-electron chi connectivity index (χ3n) is 5.62. The molecule has 0 bridgehead atoms. The van der Waals surface area contributed by atoms with Crippen molar-refractivity contribution in [2.24, 2.45) is 11.3 Å². The third kappa shape index (κ3) is 2.50. The Labute approximate surface area is 129 Å². The van der Waals surface area contributed by atoms with Gasteiger partial charge < -0.3 is 10.2 Å². The lowest BCUT2D eigenvalue weighted by Crippen LogP contribution is -2.41. The Balaban J connectivity index is 1.41. The van der Waals surface area contributed by atoms with Crippen molar-refractivity contribution in [2.75, 3.05) is 26.2 Å². The van der Waals surface area contributed by atoms with E-state index in [9.17, 15) is 4.79 Å². The number of piperidine rings is 2. The normalized spacial score (nSPS) is 31.3. The molecule has 1 aromatic heterocycles. The van der Waals surface area contributed by atoms with Crippen LogP contribution in [0.1, 0.15) is 43.0 Å². The van der Waals surface area contributed by atoms with E-state index in [0.29, 0.717) is 23.2 Å².